The van der Waals surface area contributed by atoms with Gasteiger partial charge in [-0.3, -0.25) is 9.58 Å². The summed E-state index contributed by atoms with van der Waals surface area (Å²) in [6.45, 7) is 5.22. The molecule has 1 aliphatic heterocycles. The van der Waals surface area contributed by atoms with Crippen LogP contribution in [-0.4, -0.2) is 38.4 Å². The molecule has 0 amide bonds. The summed E-state index contributed by atoms with van der Waals surface area (Å²) < 4.78 is 1.74. The highest BCUT2D eigenvalue weighted by molar-refractivity contribution is 6.20. The summed E-state index contributed by atoms with van der Waals surface area (Å²) in [5.41, 5.74) is 1.04. The second-order valence-electron chi connectivity index (χ2n) is 4.40. The Morgan fingerprint density at radius 2 is 2.40 bits per heavy atom. The van der Waals surface area contributed by atoms with Crippen molar-refractivity contribution in [1.29, 1.82) is 0 Å². The minimum absolute atomic E-state index is 0.336. The Kier molecular flexibility index (Phi) is 3.26. The van der Waals surface area contributed by atoms with Crippen LogP contribution in [0.5, 0.6) is 0 Å². The van der Waals surface area contributed by atoms with Gasteiger partial charge < -0.3 is 0 Å². The van der Waals surface area contributed by atoms with Gasteiger partial charge in [0.05, 0.1) is 5.69 Å². The van der Waals surface area contributed by atoms with Crippen molar-refractivity contribution in [2.24, 2.45) is 13.0 Å². The average molecular weight is 229 g/mol. The number of likely N-dealkylation sites (tertiary alicyclic amines) is 1. The van der Waals surface area contributed by atoms with Gasteiger partial charge in [-0.1, -0.05) is 12.1 Å². The number of aromatic nitrogens is 3. The molecule has 1 aromatic heterocycles. The summed E-state index contributed by atoms with van der Waals surface area (Å²) in [7, 11) is 1.89. The van der Waals surface area contributed by atoms with E-state index in [2.05, 4.69) is 22.1 Å². The molecule has 2 atom stereocenters. The van der Waals surface area contributed by atoms with E-state index in [9.17, 15) is 0 Å². The van der Waals surface area contributed by atoms with Crippen LogP contribution in [0, 0.1) is 5.92 Å². The van der Waals surface area contributed by atoms with Crippen molar-refractivity contribution in [2.75, 3.05) is 13.1 Å². The van der Waals surface area contributed by atoms with Crippen LogP contribution in [0.25, 0.3) is 0 Å². The van der Waals surface area contributed by atoms with E-state index in [0.717, 1.165) is 31.7 Å². The van der Waals surface area contributed by atoms with Crippen LogP contribution < -0.4 is 0 Å². The molecule has 15 heavy (non-hydrogen) atoms. The minimum atomic E-state index is 0.336. The molecule has 1 saturated heterocycles. The maximum absolute atomic E-state index is 6.18. The SMILES string of the molecule is CC1CN(Cc2cn(C)nn2)CCC1Cl. The van der Waals surface area contributed by atoms with E-state index in [0.29, 0.717) is 11.3 Å². The van der Waals surface area contributed by atoms with Gasteiger partial charge in [0.25, 0.3) is 0 Å². The van der Waals surface area contributed by atoms with Gasteiger partial charge in [-0.25, -0.2) is 0 Å². The molecule has 0 saturated carbocycles. The minimum Gasteiger partial charge on any atom is -0.297 e. The number of hydrogen-bond acceptors (Lipinski definition) is 3. The summed E-state index contributed by atoms with van der Waals surface area (Å²) in [5.74, 6) is 0.567. The number of halogens is 1. The number of rotatable bonds is 2. The summed E-state index contributed by atoms with van der Waals surface area (Å²) in [6.07, 6.45) is 3.04. The number of alkyl halides is 1. The summed E-state index contributed by atoms with van der Waals surface area (Å²) in [4.78, 5) is 2.40. The molecule has 1 aromatic rings. The van der Waals surface area contributed by atoms with E-state index in [1.807, 2.05) is 13.2 Å². The third-order valence-electron chi connectivity index (χ3n) is 2.92. The molecular formula is C10H17ClN4. The summed E-state index contributed by atoms with van der Waals surface area (Å²) in [5, 5.41) is 8.36. The van der Waals surface area contributed by atoms with Crippen LogP contribution >= 0.6 is 11.6 Å². The molecule has 0 spiro atoms. The van der Waals surface area contributed by atoms with Crippen LogP contribution in [0.2, 0.25) is 0 Å². The van der Waals surface area contributed by atoms with E-state index in [-0.39, 0.29) is 0 Å². The zero-order valence-electron chi connectivity index (χ0n) is 9.23. The lowest BCUT2D eigenvalue weighted by molar-refractivity contribution is 0.178. The normalized spacial score (nSPS) is 28.2. The highest BCUT2D eigenvalue weighted by Gasteiger charge is 2.24. The van der Waals surface area contributed by atoms with Crippen molar-refractivity contribution < 1.29 is 0 Å². The lowest BCUT2D eigenvalue weighted by atomic mass is 9.99. The van der Waals surface area contributed by atoms with Crippen LogP contribution in [0.3, 0.4) is 0 Å². The first-order valence-electron chi connectivity index (χ1n) is 5.37. The Morgan fingerprint density at radius 1 is 1.60 bits per heavy atom. The van der Waals surface area contributed by atoms with Gasteiger partial charge in [0.15, 0.2) is 0 Å². The molecule has 2 rings (SSSR count). The summed E-state index contributed by atoms with van der Waals surface area (Å²) >= 11 is 6.18. The molecule has 2 unspecified atom stereocenters. The number of nitrogens with zero attached hydrogens (tertiary/aromatic N) is 4. The second-order valence-corrected chi connectivity index (χ2v) is 4.96. The van der Waals surface area contributed by atoms with E-state index >= 15 is 0 Å². The van der Waals surface area contributed by atoms with Crippen molar-refractivity contribution in [3.8, 4) is 0 Å². The van der Waals surface area contributed by atoms with Gasteiger partial charge in [-0.2, -0.15) is 0 Å². The lowest BCUT2D eigenvalue weighted by Gasteiger charge is -2.33. The quantitative estimate of drug-likeness (QED) is 0.715. The van der Waals surface area contributed by atoms with Crippen LogP contribution in [0.1, 0.15) is 19.0 Å². The third kappa shape index (κ3) is 2.69. The monoisotopic (exact) mass is 228 g/mol. The zero-order valence-corrected chi connectivity index (χ0v) is 9.98. The van der Waals surface area contributed by atoms with Gasteiger partial charge >= 0.3 is 0 Å². The summed E-state index contributed by atoms with van der Waals surface area (Å²) in [6, 6.07) is 0. The predicted octanol–water partition coefficient (Wildman–Crippen LogP) is 1.26. The first-order chi connectivity index (χ1) is 7.15. The molecule has 1 aliphatic rings. The molecule has 2 heterocycles. The lowest BCUT2D eigenvalue weighted by Crippen LogP contribution is -2.39. The van der Waals surface area contributed by atoms with Crippen molar-refractivity contribution >= 4 is 11.6 Å². The molecule has 0 bridgehead atoms. The number of aryl methyl sites for hydroxylation is 1. The Bertz CT molecular complexity index is 325. The van der Waals surface area contributed by atoms with Crippen molar-refractivity contribution in [2.45, 2.75) is 25.3 Å². The number of piperidine rings is 1. The average Bonchev–Trinajstić information content (AvgIpc) is 2.58. The maximum atomic E-state index is 6.18. The molecule has 0 N–H and O–H groups in total. The Morgan fingerprint density at radius 3 is 3.00 bits per heavy atom. The Balaban J connectivity index is 1.90. The smallest absolute Gasteiger partial charge is 0.0967 e. The molecular weight excluding hydrogens is 212 g/mol. The Hall–Kier alpha value is -0.610. The van der Waals surface area contributed by atoms with Gasteiger partial charge in [-0.15, -0.1) is 16.7 Å². The molecule has 84 valence electrons. The van der Waals surface area contributed by atoms with Crippen molar-refractivity contribution in [3.63, 3.8) is 0 Å². The predicted molar refractivity (Wildman–Crippen MR) is 59.7 cm³/mol. The molecule has 0 radical (unpaired) electrons. The zero-order chi connectivity index (χ0) is 10.8. The van der Waals surface area contributed by atoms with E-state index < -0.39 is 0 Å². The number of hydrogen-bond donors (Lipinski definition) is 0. The van der Waals surface area contributed by atoms with E-state index in [1.54, 1.807) is 4.68 Å². The van der Waals surface area contributed by atoms with Gasteiger partial charge in [0.2, 0.25) is 0 Å². The largest absolute Gasteiger partial charge is 0.297 e. The fourth-order valence-electron chi connectivity index (χ4n) is 2.04. The molecule has 1 fully saturated rings. The van der Waals surface area contributed by atoms with E-state index in [1.165, 1.54) is 0 Å². The fraction of sp³-hybridized carbons (Fsp3) is 0.800. The first-order valence-corrected chi connectivity index (χ1v) is 5.80. The van der Waals surface area contributed by atoms with Crippen molar-refractivity contribution in [3.05, 3.63) is 11.9 Å². The van der Waals surface area contributed by atoms with Crippen LogP contribution in [0.15, 0.2) is 6.20 Å². The second kappa shape index (κ2) is 4.49. The highest BCUT2D eigenvalue weighted by Crippen LogP contribution is 2.22. The fourth-order valence-corrected chi connectivity index (χ4v) is 2.22. The van der Waals surface area contributed by atoms with Gasteiger partial charge in [0.1, 0.15) is 0 Å². The molecule has 4 nitrogen and oxygen atoms in total. The van der Waals surface area contributed by atoms with Crippen LogP contribution in [0.4, 0.5) is 0 Å². The third-order valence-corrected chi connectivity index (χ3v) is 3.57. The first kappa shape index (κ1) is 10.9. The van der Waals surface area contributed by atoms with E-state index in [4.69, 9.17) is 11.6 Å². The standard InChI is InChI=1S/C10H17ClN4/c1-8-5-15(4-3-10(8)11)7-9-6-14(2)13-12-9/h6,8,10H,3-5,7H2,1-2H3. The molecule has 5 heteroatoms. The van der Waals surface area contributed by atoms with Crippen molar-refractivity contribution in [1.82, 2.24) is 19.9 Å². The molecule has 0 aromatic carbocycles. The van der Waals surface area contributed by atoms with Gasteiger partial charge in [-0.05, 0) is 18.9 Å². The van der Waals surface area contributed by atoms with Crippen LogP contribution in [-0.2, 0) is 13.6 Å². The highest BCUT2D eigenvalue weighted by atomic mass is 35.5. The maximum Gasteiger partial charge on any atom is 0.0967 e. The van der Waals surface area contributed by atoms with Gasteiger partial charge in [0, 0.05) is 31.7 Å². The topological polar surface area (TPSA) is 34.0 Å². The molecule has 0 aliphatic carbocycles. The Labute approximate surface area is 95.2 Å².